The van der Waals surface area contributed by atoms with Crippen molar-refractivity contribution in [1.29, 1.82) is 0 Å². The standard InChI is InChI=1S/C44H48N2O6S/c1-27-39(26-53-38-15-13-35(14-16-38)41(48)49)51-42(52-40(27)34-7-5-28(25-47)6-8-34)36-11-9-33(10-12-36)37-4-2-3-29(20-37)24-45-43(50)46-44-21-30-17-31(22-44)19-32(18-30)23-44/h2-16,20,27,30-32,39-40,42,47H,17-19,21-26H2,1H3,(H,48,49)(H2,45,46,50)/t27-,30?,31?,32?,39+,40+,42+,44?/m1/s1. The lowest BCUT2D eigenvalue weighted by molar-refractivity contribution is -0.268. The number of nitrogens with one attached hydrogen (secondary N) is 2. The van der Waals surface area contributed by atoms with Crippen molar-refractivity contribution >= 4 is 23.8 Å². The van der Waals surface area contributed by atoms with Gasteiger partial charge in [0.15, 0.2) is 6.29 Å². The van der Waals surface area contributed by atoms with Crippen molar-refractivity contribution in [3.8, 4) is 11.1 Å². The van der Waals surface area contributed by atoms with Crippen LogP contribution in [0.3, 0.4) is 0 Å². The van der Waals surface area contributed by atoms with E-state index in [9.17, 15) is 19.8 Å². The van der Waals surface area contributed by atoms with E-state index in [-0.39, 0.29) is 41.9 Å². The summed E-state index contributed by atoms with van der Waals surface area (Å²) in [5, 5.41) is 25.5. The third-order valence-electron chi connectivity index (χ3n) is 12.0. The maximum absolute atomic E-state index is 13.1. The van der Waals surface area contributed by atoms with E-state index in [0.717, 1.165) is 75.3 Å². The second kappa shape index (κ2) is 15.3. The summed E-state index contributed by atoms with van der Waals surface area (Å²) in [6.07, 6.45) is 6.49. The summed E-state index contributed by atoms with van der Waals surface area (Å²) in [6, 6.07) is 31.4. The van der Waals surface area contributed by atoms with Crippen molar-refractivity contribution in [3.05, 3.63) is 125 Å². The Labute approximate surface area is 315 Å². The van der Waals surface area contributed by atoms with E-state index in [1.807, 2.05) is 42.5 Å². The molecule has 0 radical (unpaired) electrons. The lowest BCUT2D eigenvalue weighted by Gasteiger charge is -2.56. The number of thioether (sulfide) groups is 1. The van der Waals surface area contributed by atoms with Crippen LogP contribution in [0.15, 0.2) is 102 Å². The third-order valence-corrected chi connectivity index (χ3v) is 13.1. The molecular formula is C44H48N2O6S. The maximum Gasteiger partial charge on any atom is 0.335 e. The number of aromatic carboxylic acids is 1. The monoisotopic (exact) mass is 732 g/mol. The molecular weight excluding hydrogens is 685 g/mol. The molecule has 4 saturated carbocycles. The van der Waals surface area contributed by atoms with E-state index < -0.39 is 12.3 Å². The minimum atomic E-state index is -0.942. The largest absolute Gasteiger partial charge is 0.478 e. The number of carbonyl (C=O) groups is 2. The molecule has 0 aromatic heterocycles. The van der Waals surface area contributed by atoms with Crippen LogP contribution in [0.2, 0.25) is 0 Å². The molecule has 4 aliphatic carbocycles. The van der Waals surface area contributed by atoms with Gasteiger partial charge in [-0.15, -0.1) is 11.8 Å². The van der Waals surface area contributed by atoms with E-state index in [2.05, 4.69) is 60.0 Å². The van der Waals surface area contributed by atoms with Crippen LogP contribution < -0.4 is 10.6 Å². The van der Waals surface area contributed by atoms with E-state index in [0.29, 0.717) is 12.3 Å². The predicted octanol–water partition coefficient (Wildman–Crippen LogP) is 8.90. The highest BCUT2D eigenvalue weighted by molar-refractivity contribution is 7.99. The van der Waals surface area contributed by atoms with Crippen LogP contribution in [0.25, 0.3) is 11.1 Å². The van der Waals surface area contributed by atoms with E-state index in [1.54, 1.807) is 23.9 Å². The number of benzene rings is 4. The molecule has 53 heavy (non-hydrogen) atoms. The molecule has 2 amide bonds. The zero-order chi connectivity index (χ0) is 36.5. The van der Waals surface area contributed by atoms with Crippen LogP contribution in [0, 0.1) is 23.7 Å². The van der Waals surface area contributed by atoms with Crippen molar-refractivity contribution < 1.29 is 29.3 Å². The van der Waals surface area contributed by atoms with E-state index in [1.165, 1.54) is 19.3 Å². The smallest absolute Gasteiger partial charge is 0.335 e. The Morgan fingerprint density at radius 2 is 1.45 bits per heavy atom. The molecule has 4 atom stereocenters. The first-order valence-electron chi connectivity index (χ1n) is 18.9. The molecule has 4 N–H and O–H groups in total. The molecule has 1 aliphatic heterocycles. The van der Waals surface area contributed by atoms with Crippen molar-refractivity contribution in [3.63, 3.8) is 0 Å². The van der Waals surface area contributed by atoms with Gasteiger partial charge in [-0.25, -0.2) is 9.59 Å². The second-order valence-electron chi connectivity index (χ2n) is 15.8. The summed E-state index contributed by atoms with van der Waals surface area (Å²) in [5.41, 5.74) is 6.22. The van der Waals surface area contributed by atoms with Gasteiger partial charge in [-0.3, -0.25) is 0 Å². The van der Waals surface area contributed by atoms with Gasteiger partial charge in [0, 0.05) is 34.2 Å². The summed E-state index contributed by atoms with van der Waals surface area (Å²) < 4.78 is 13.3. The SMILES string of the molecule is C[C@@H]1[C@H](CSc2ccc(C(=O)O)cc2)O[C@H](c2ccc(-c3cccc(CNC(=O)NC45CC6CC(CC(C6)C4)C5)c3)cc2)O[C@@H]1c1ccc(CO)cc1. The van der Waals surface area contributed by atoms with E-state index >= 15 is 0 Å². The molecule has 9 heteroatoms. The number of hydrogen-bond acceptors (Lipinski definition) is 6. The minimum Gasteiger partial charge on any atom is -0.478 e. The highest BCUT2D eigenvalue weighted by Crippen LogP contribution is 2.55. The van der Waals surface area contributed by atoms with Crippen molar-refractivity contribution in [2.45, 2.75) is 87.5 Å². The summed E-state index contributed by atoms with van der Waals surface area (Å²) in [7, 11) is 0. The number of carboxylic acids is 1. The van der Waals surface area contributed by atoms with Crippen LogP contribution in [0.4, 0.5) is 4.79 Å². The fraction of sp³-hybridized carbons (Fsp3) is 0.409. The molecule has 0 spiro atoms. The number of carboxylic acid groups (broad SMARTS) is 1. The molecule has 5 aliphatic rings. The minimum absolute atomic E-state index is 0.00851. The Bertz CT molecular complexity index is 1880. The predicted molar refractivity (Wildman–Crippen MR) is 205 cm³/mol. The fourth-order valence-corrected chi connectivity index (χ4v) is 10.7. The molecule has 1 saturated heterocycles. The van der Waals surface area contributed by atoms with Gasteiger partial charge in [-0.05, 0) is 114 Å². The van der Waals surface area contributed by atoms with Crippen molar-refractivity contribution in [2.24, 2.45) is 23.7 Å². The number of aliphatic hydroxyl groups is 1. The Balaban J connectivity index is 0.935. The van der Waals surface area contributed by atoms with Crippen LogP contribution in [0.1, 0.15) is 90.5 Å². The maximum atomic E-state index is 13.1. The molecule has 4 aromatic carbocycles. The van der Waals surface area contributed by atoms with Gasteiger partial charge in [0.25, 0.3) is 0 Å². The lowest BCUT2D eigenvalue weighted by atomic mass is 9.53. The zero-order valence-electron chi connectivity index (χ0n) is 30.1. The zero-order valence-corrected chi connectivity index (χ0v) is 30.9. The summed E-state index contributed by atoms with van der Waals surface area (Å²) in [6.45, 7) is 2.59. The molecule has 1 heterocycles. The number of rotatable bonds is 11. The Morgan fingerprint density at radius 1 is 0.792 bits per heavy atom. The van der Waals surface area contributed by atoms with Gasteiger partial charge in [0.1, 0.15) is 0 Å². The molecule has 5 fully saturated rings. The van der Waals surface area contributed by atoms with E-state index in [4.69, 9.17) is 9.47 Å². The van der Waals surface area contributed by atoms with Crippen molar-refractivity contribution in [1.82, 2.24) is 10.6 Å². The van der Waals surface area contributed by atoms with Gasteiger partial charge in [-0.2, -0.15) is 0 Å². The molecule has 4 bridgehead atoms. The number of urea groups is 1. The van der Waals surface area contributed by atoms with Crippen LogP contribution in [-0.4, -0.2) is 39.6 Å². The fourth-order valence-electron chi connectivity index (χ4n) is 9.61. The number of aliphatic hydroxyl groups excluding tert-OH is 1. The van der Waals surface area contributed by atoms with Crippen molar-refractivity contribution in [2.75, 3.05) is 5.75 Å². The van der Waals surface area contributed by atoms with Gasteiger partial charge in [0.2, 0.25) is 0 Å². The van der Waals surface area contributed by atoms with Crippen LogP contribution >= 0.6 is 11.8 Å². The number of ether oxygens (including phenoxy) is 2. The molecule has 9 rings (SSSR count). The first-order valence-corrected chi connectivity index (χ1v) is 19.9. The number of amides is 2. The molecule has 276 valence electrons. The van der Waals surface area contributed by atoms with Gasteiger partial charge in [0.05, 0.1) is 24.4 Å². The van der Waals surface area contributed by atoms with Gasteiger partial charge >= 0.3 is 12.0 Å². The average molecular weight is 733 g/mol. The number of hydrogen-bond donors (Lipinski definition) is 4. The molecule has 4 aromatic rings. The average Bonchev–Trinajstić information content (AvgIpc) is 3.16. The van der Waals surface area contributed by atoms with Gasteiger partial charge < -0.3 is 30.3 Å². The van der Waals surface area contributed by atoms with Crippen LogP contribution in [0.5, 0.6) is 0 Å². The summed E-state index contributed by atoms with van der Waals surface area (Å²) in [5.74, 6) is 2.11. The summed E-state index contributed by atoms with van der Waals surface area (Å²) in [4.78, 5) is 25.4. The quantitative estimate of drug-likeness (QED) is 0.114. The Kier molecular flexibility index (Phi) is 10.4. The summed E-state index contributed by atoms with van der Waals surface area (Å²) >= 11 is 1.64. The van der Waals surface area contributed by atoms with Gasteiger partial charge in [-0.1, -0.05) is 73.7 Å². The second-order valence-corrected chi connectivity index (χ2v) is 16.9. The number of carbonyl (C=O) groups excluding carboxylic acids is 1. The molecule has 0 unspecified atom stereocenters. The Hall–Kier alpha value is -4.15. The Morgan fingerprint density at radius 3 is 2.09 bits per heavy atom. The third kappa shape index (κ3) is 8.04. The highest BCUT2D eigenvalue weighted by Gasteiger charge is 2.51. The molecule has 8 nitrogen and oxygen atoms in total. The first kappa shape index (κ1) is 35.9. The highest BCUT2D eigenvalue weighted by atomic mass is 32.2. The normalized spacial score (nSPS) is 28.8. The lowest BCUT2D eigenvalue weighted by Crippen LogP contribution is -2.61. The topological polar surface area (TPSA) is 117 Å². The first-order chi connectivity index (χ1) is 25.7. The van der Waals surface area contributed by atoms with Crippen LogP contribution in [-0.2, 0) is 22.6 Å².